The molecule has 0 radical (unpaired) electrons. The third-order valence-corrected chi connectivity index (χ3v) is 5.52. The predicted molar refractivity (Wildman–Crippen MR) is 132 cm³/mol. The normalized spacial score (nSPS) is 11.0. The number of nitrogens with zero attached hydrogens (tertiary/aromatic N) is 1. The van der Waals surface area contributed by atoms with Crippen LogP contribution in [-0.4, -0.2) is 13.0 Å². The highest BCUT2D eigenvalue weighted by molar-refractivity contribution is 6.36. The summed E-state index contributed by atoms with van der Waals surface area (Å²) in [5.74, 6) is 0.280. The molecule has 1 amide bonds. The highest BCUT2D eigenvalue weighted by atomic mass is 35.5. The molecule has 5 nitrogen and oxygen atoms in total. The molecule has 0 aliphatic heterocycles. The Morgan fingerprint density at radius 3 is 2.33 bits per heavy atom. The van der Waals surface area contributed by atoms with Crippen molar-refractivity contribution in [3.8, 4) is 17.6 Å². The van der Waals surface area contributed by atoms with E-state index in [0.717, 1.165) is 0 Å². The molecule has 3 aromatic carbocycles. The molecule has 33 heavy (non-hydrogen) atoms. The minimum absolute atomic E-state index is 0.0815. The molecule has 9 heteroatoms. The highest BCUT2D eigenvalue weighted by Gasteiger charge is 2.15. The molecule has 1 N–H and O–H groups in total. The Kier molecular flexibility index (Phi) is 8.49. The van der Waals surface area contributed by atoms with E-state index in [2.05, 4.69) is 5.32 Å². The molecular weight excluding hydrogens is 506 g/mol. The zero-order valence-electron chi connectivity index (χ0n) is 17.2. The first-order valence-electron chi connectivity index (χ1n) is 9.43. The van der Waals surface area contributed by atoms with Crippen molar-refractivity contribution in [2.75, 3.05) is 12.4 Å². The van der Waals surface area contributed by atoms with Gasteiger partial charge in [-0.05, 0) is 54.6 Å². The fourth-order valence-electron chi connectivity index (χ4n) is 2.81. The molecule has 0 aliphatic rings. The molecule has 0 saturated carbocycles. The van der Waals surface area contributed by atoms with E-state index in [1.54, 1.807) is 55.6 Å². The summed E-state index contributed by atoms with van der Waals surface area (Å²) in [5.41, 5.74) is 1.37. The standard InChI is InChI=1S/C24H16Cl4N2O3/c1-32-20-6-4-19(5-7-20)30-24(31)16(12-29)8-15-9-18(26)11-22(28)23(15)33-13-14-2-3-17(25)10-21(14)27/h2-11H,13H2,1H3,(H,30,31)/b16-8+. The molecule has 0 atom stereocenters. The molecule has 0 aromatic heterocycles. The smallest absolute Gasteiger partial charge is 0.266 e. The maximum absolute atomic E-state index is 12.7. The lowest BCUT2D eigenvalue weighted by atomic mass is 10.1. The molecule has 0 saturated heterocycles. The quantitative estimate of drug-likeness (QED) is 0.259. The Morgan fingerprint density at radius 2 is 1.70 bits per heavy atom. The number of methoxy groups -OCH3 is 1. The third kappa shape index (κ3) is 6.56. The predicted octanol–water partition coefficient (Wildman–Crippen LogP) is 7.43. The van der Waals surface area contributed by atoms with Crippen LogP contribution in [0.2, 0.25) is 20.1 Å². The fourth-order valence-corrected chi connectivity index (χ4v) is 3.83. The van der Waals surface area contributed by atoms with Crippen LogP contribution < -0.4 is 14.8 Å². The van der Waals surface area contributed by atoms with Crippen LogP contribution in [0.15, 0.2) is 60.2 Å². The third-order valence-electron chi connectivity index (χ3n) is 4.44. The molecule has 0 bridgehead atoms. The van der Waals surface area contributed by atoms with Crippen LogP contribution in [0.3, 0.4) is 0 Å². The molecule has 0 spiro atoms. The number of amides is 1. The number of hydrogen-bond donors (Lipinski definition) is 1. The number of carbonyl (C=O) groups is 1. The summed E-state index contributed by atoms with van der Waals surface area (Å²) in [5, 5.41) is 13.7. The van der Waals surface area contributed by atoms with Crippen molar-refractivity contribution in [2.24, 2.45) is 0 Å². The van der Waals surface area contributed by atoms with Crippen molar-refractivity contribution in [1.29, 1.82) is 5.26 Å². The van der Waals surface area contributed by atoms with Crippen LogP contribution in [0.25, 0.3) is 6.08 Å². The zero-order valence-corrected chi connectivity index (χ0v) is 20.2. The minimum atomic E-state index is -0.606. The fraction of sp³-hybridized carbons (Fsp3) is 0.0833. The summed E-state index contributed by atoms with van der Waals surface area (Å²) < 4.78 is 11.0. The Balaban J connectivity index is 1.87. The highest BCUT2D eigenvalue weighted by Crippen LogP contribution is 2.35. The summed E-state index contributed by atoms with van der Waals surface area (Å²) in [4.78, 5) is 12.7. The Morgan fingerprint density at radius 1 is 1.00 bits per heavy atom. The molecule has 3 aromatic rings. The summed E-state index contributed by atoms with van der Waals surface area (Å²) in [6, 6.07) is 16.7. The lowest BCUT2D eigenvalue weighted by Gasteiger charge is -2.13. The topological polar surface area (TPSA) is 71.3 Å². The van der Waals surface area contributed by atoms with Gasteiger partial charge in [0.05, 0.1) is 12.1 Å². The number of nitrogens with one attached hydrogen (secondary N) is 1. The van der Waals surface area contributed by atoms with E-state index in [1.165, 1.54) is 12.1 Å². The van der Waals surface area contributed by atoms with Gasteiger partial charge in [-0.3, -0.25) is 4.79 Å². The summed E-state index contributed by atoms with van der Waals surface area (Å²) >= 11 is 24.6. The first kappa shape index (κ1) is 24.8. The van der Waals surface area contributed by atoms with Crippen LogP contribution in [0.4, 0.5) is 5.69 Å². The van der Waals surface area contributed by atoms with Gasteiger partial charge >= 0.3 is 0 Å². The van der Waals surface area contributed by atoms with E-state index in [9.17, 15) is 10.1 Å². The van der Waals surface area contributed by atoms with Gasteiger partial charge in [-0.25, -0.2) is 0 Å². The van der Waals surface area contributed by atoms with E-state index in [4.69, 9.17) is 55.9 Å². The lowest BCUT2D eigenvalue weighted by molar-refractivity contribution is -0.112. The van der Waals surface area contributed by atoms with Gasteiger partial charge in [-0.1, -0.05) is 52.5 Å². The summed E-state index contributed by atoms with van der Waals surface area (Å²) in [6.45, 7) is 0.0815. The minimum Gasteiger partial charge on any atom is -0.497 e. The maximum atomic E-state index is 12.7. The molecule has 0 fully saturated rings. The molecular formula is C24H16Cl4N2O3. The second-order valence-corrected chi connectivity index (χ2v) is 8.37. The van der Waals surface area contributed by atoms with Gasteiger partial charge in [-0.2, -0.15) is 5.26 Å². The molecule has 0 heterocycles. The number of hydrogen-bond acceptors (Lipinski definition) is 4. The SMILES string of the molecule is COc1ccc(NC(=O)/C(C#N)=C/c2cc(Cl)cc(Cl)c2OCc2ccc(Cl)cc2Cl)cc1. The molecule has 0 unspecified atom stereocenters. The van der Waals surface area contributed by atoms with Gasteiger partial charge in [0, 0.05) is 31.9 Å². The van der Waals surface area contributed by atoms with E-state index in [0.29, 0.717) is 37.6 Å². The van der Waals surface area contributed by atoms with E-state index < -0.39 is 5.91 Å². The molecule has 0 aliphatic carbocycles. The molecule has 168 valence electrons. The number of carbonyl (C=O) groups excluding carboxylic acids is 1. The average molecular weight is 522 g/mol. The van der Waals surface area contributed by atoms with Gasteiger partial charge in [-0.15, -0.1) is 0 Å². The molecule has 3 rings (SSSR count). The zero-order chi connectivity index (χ0) is 24.0. The van der Waals surface area contributed by atoms with Crippen LogP contribution in [0, 0.1) is 11.3 Å². The van der Waals surface area contributed by atoms with Crippen LogP contribution in [0.5, 0.6) is 11.5 Å². The summed E-state index contributed by atoms with van der Waals surface area (Å²) in [6.07, 6.45) is 1.36. The first-order valence-corrected chi connectivity index (χ1v) is 10.9. The monoisotopic (exact) mass is 520 g/mol. The van der Waals surface area contributed by atoms with Gasteiger partial charge in [0.25, 0.3) is 5.91 Å². The van der Waals surface area contributed by atoms with Crippen molar-refractivity contribution < 1.29 is 14.3 Å². The number of rotatable bonds is 7. The Hall–Kier alpha value is -2.88. The van der Waals surface area contributed by atoms with Gasteiger partial charge < -0.3 is 14.8 Å². The van der Waals surface area contributed by atoms with Crippen molar-refractivity contribution in [2.45, 2.75) is 6.61 Å². The van der Waals surface area contributed by atoms with Crippen LogP contribution in [0.1, 0.15) is 11.1 Å². The maximum Gasteiger partial charge on any atom is 0.266 e. The number of benzene rings is 3. The van der Waals surface area contributed by atoms with E-state index in [1.807, 2.05) is 6.07 Å². The second-order valence-electron chi connectivity index (χ2n) is 6.68. The van der Waals surface area contributed by atoms with E-state index >= 15 is 0 Å². The van der Waals surface area contributed by atoms with Crippen molar-refractivity contribution in [1.82, 2.24) is 0 Å². The number of anilines is 1. The van der Waals surface area contributed by atoms with Crippen LogP contribution >= 0.6 is 46.4 Å². The average Bonchev–Trinajstić information content (AvgIpc) is 2.78. The Bertz CT molecular complexity index is 1250. The number of nitriles is 1. The van der Waals surface area contributed by atoms with Crippen molar-refractivity contribution >= 4 is 64.1 Å². The van der Waals surface area contributed by atoms with Gasteiger partial charge in [0.15, 0.2) is 0 Å². The summed E-state index contributed by atoms with van der Waals surface area (Å²) in [7, 11) is 1.54. The van der Waals surface area contributed by atoms with Crippen molar-refractivity contribution in [3.63, 3.8) is 0 Å². The van der Waals surface area contributed by atoms with Crippen LogP contribution in [-0.2, 0) is 11.4 Å². The van der Waals surface area contributed by atoms with Gasteiger partial charge in [0.2, 0.25) is 0 Å². The first-order chi connectivity index (χ1) is 15.8. The largest absolute Gasteiger partial charge is 0.497 e. The lowest BCUT2D eigenvalue weighted by Crippen LogP contribution is -2.13. The Labute approximate surface area is 211 Å². The van der Waals surface area contributed by atoms with E-state index in [-0.39, 0.29) is 23.0 Å². The van der Waals surface area contributed by atoms with Gasteiger partial charge in [0.1, 0.15) is 29.7 Å². The number of halogens is 4. The van der Waals surface area contributed by atoms with Crippen molar-refractivity contribution in [3.05, 3.63) is 91.4 Å². The number of ether oxygens (including phenoxy) is 2. The second kappa shape index (κ2) is 11.3.